The van der Waals surface area contributed by atoms with Crippen molar-refractivity contribution in [3.63, 3.8) is 0 Å². The monoisotopic (exact) mass is 305 g/mol. The van der Waals surface area contributed by atoms with Crippen LogP contribution in [0.1, 0.15) is 16.8 Å². The Morgan fingerprint density at radius 3 is 2.84 bits per heavy atom. The average molecular weight is 306 g/mol. The Kier molecular flexibility index (Phi) is 4.10. The Morgan fingerprint density at radius 2 is 2.21 bits per heavy atom. The summed E-state index contributed by atoms with van der Waals surface area (Å²) in [6.45, 7) is 0.226. The molecule has 104 valence electrons. The summed E-state index contributed by atoms with van der Waals surface area (Å²) in [6, 6.07) is 3.73. The minimum absolute atomic E-state index is 0.0747. The normalized spacial score (nSPS) is 21.3. The number of carbonyl (C=O) groups excluding carboxylic acids is 1. The second-order valence-electron chi connectivity index (χ2n) is 4.60. The minimum atomic E-state index is -2.97. The highest BCUT2D eigenvalue weighted by molar-refractivity contribution is 7.91. The van der Waals surface area contributed by atoms with Gasteiger partial charge in [0, 0.05) is 11.6 Å². The first kappa shape index (κ1) is 14.3. The van der Waals surface area contributed by atoms with Crippen molar-refractivity contribution in [2.24, 2.45) is 5.92 Å². The van der Waals surface area contributed by atoms with E-state index in [-0.39, 0.29) is 34.6 Å². The van der Waals surface area contributed by atoms with Crippen molar-refractivity contribution in [2.75, 3.05) is 18.1 Å². The van der Waals surface area contributed by atoms with Crippen molar-refractivity contribution in [3.8, 4) is 0 Å². The summed E-state index contributed by atoms with van der Waals surface area (Å²) >= 11 is 5.70. The fourth-order valence-electron chi connectivity index (χ4n) is 2.04. The molecule has 0 aromatic heterocycles. The molecule has 4 nitrogen and oxygen atoms in total. The number of amides is 1. The molecule has 1 heterocycles. The van der Waals surface area contributed by atoms with Crippen LogP contribution in [0.5, 0.6) is 0 Å². The molecule has 19 heavy (non-hydrogen) atoms. The number of halogens is 2. The van der Waals surface area contributed by atoms with E-state index in [1.54, 1.807) is 0 Å². The Labute approximate surface area is 115 Å². The first-order chi connectivity index (χ1) is 8.87. The van der Waals surface area contributed by atoms with Crippen molar-refractivity contribution in [3.05, 3.63) is 34.6 Å². The fraction of sp³-hybridized carbons (Fsp3) is 0.417. The van der Waals surface area contributed by atoms with Crippen molar-refractivity contribution in [1.82, 2.24) is 5.32 Å². The van der Waals surface area contributed by atoms with Gasteiger partial charge in [-0.25, -0.2) is 12.8 Å². The smallest absolute Gasteiger partial charge is 0.254 e. The third kappa shape index (κ3) is 3.67. The van der Waals surface area contributed by atoms with Gasteiger partial charge in [-0.3, -0.25) is 4.79 Å². The fourth-order valence-corrected chi connectivity index (χ4v) is 4.07. The molecule has 1 fully saturated rings. The number of rotatable bonds is 3. The topological polar surface area (TPSA) is 63.2 Å². The molecule has 0 spiro atoms. The van der Waals surface area contributed by atoms with Gasteiger partial charge in [0.15, 0.2) is 9.84 Å². The Bertz CT molecular complexity index is 603. The standard InChI is InChI=1S/C12H13ClFNO3S/c13-9-1-2-11(14)10(5-9)12(16)15-6-8-3-4-19(17,18)7-8/h1-2,5,8H,3-4,6-7H2,(H,15,16)/t8-/m0/s1. The Balaban J connectivity index is 1.97. The molecule has 0 bridgehead atoms. The third-order valence-electron chi connectivity index (χ3n) is 3.05. The van der Waals surface area contributed by atoms with E-state index < -0.39 is 21.6 Å². The van der Waals surface area contributed by atoms with Crippen LogP contribution in [-0.4, -0.2) is 32.4 Å². The van der Waals surface area contributed by atoms with Crippen LogP contribution < -0.4 is 5.32 Å². The van der Waals surface area contributed by atoms with Crippen LogP contribution in [-0.2, 0) is 9.84 Å². The highest BCUT2D eigenvalue weighted by Crippen LogP contribution is 2.18. The number of benzene rings is 1. The van der Waals surface area contributed by atoms with Gasteiger partial charge >= 0.3 is 0 Å². The summed E-state index contributed by atoms with van der Waals surface area (Å²) in [7, 11) is -2.97. The summed E-state index contributed by atoms with van der Waals surface area (Å²) in [6.07, 6.45) is 0.528. The molecule has 0 radical (unpaired) electrons. The molecule has 1 atom stereocenters. The van der Waals surface area contributed by atoms with E-state index in [1.165, 1.54) is 12.1 Å². The first-order valence-electron chi connectivity index (χ1n) is 5.81. The van der Waals surface area contributed by atoms with Gasteiger partial charge in [-0.2, -0.15) is 0 Å². The van der Waals surface area contributed by atoms with Crippen LogP contribution >= 0.6 is 11.6 Å². The van der Waals surface area contributed by atoms with Crippen LogP contribution in [0.2, 0.25) is 5.02 Å². The van der Waals surface area contributed by atoms with Gasteiger partial charge < -0.3 is 5.32 Å². The van der Waals surface area contributed by atoms with Gasteiger partial charge in [0.05, 0.1) is 17.1 Å². The molecule has 0 unspecified atom stereocenters. The zero-order valence-electron chi connectivity index (χ0n) is 10.0. The zero-order chi connectivity index (χ0) is 14.0. The lowest BCUT2D eigenvalue weighted by Gasteiger charge is -2.10. The molecule has 1 aliphatic rings. The summed E-state index contributed by atoms with van der Waals surface area (Å²) in [5, 5.41) is 2.82. The largest absolute Gasteiger partial charge is 0.352 e. The van der Waals surface area contributed by atoms with E-state index >= 15 is 0 Å². The highest BCUT2D eigenvalue weighted by Gasteiger charge is 2.28. The number of hydrogen-bond acceptors (Lipinski definition) is 3. The van der Waals surface area contributed by atoms with Gasteiger partial charge in [0.25, 0.3) is 5.91 Å². The molecule has 1 aromatic rings. The summed E-state index contributed by atoms with van der Waals surface area (Å²) in [5.74, 6) is -1.11. The molecule has 0 aliphatic carbocycles. The summed E-state index contributed by atoms with van der Waals surface area (Å²) in [5.41, 5.74) is -0.131. The van der Waals surface area contributed by atoms with Crippen molar-refractivity contribution in [2.45, 2.75) is 6.42 Å². The maximum atomic E-state index is 13.4. The van der Waals surface area contributed by atoms with E-state index in [0.717, 1.165) is 6.07 Å². The predicted octanol–water partition coefficient (Wildman–Crippen LogP) is 1.64. The molecule has 1 amide bonds. The molecule has 0 saturated carbocycles. The van der Waals surface area contributed by atoms with Crippen LogP contribution in [0.15, 0.2) is 18.2 Å². The third-order valence-corrected chi connectivity index (χ3v) is 5.12. The lowest BCUT2D eigenvalue weighted by Crippen LogP contribution is -2.30. The van der Waals surface area contributed by atoms with Gasteiger partial charge in [-0.05, 0) is 30.5 Å². The molecule has 1 aromatic carbocycles. The second kappa shape index (κ2) is 5.46. The lowest BCUT2D eigenvalue weighted by molar-refractivity contribution is 0.0944. The number of hydrogen-bond donors (Lipinski definition) is 1. The molecule has 1 N–H and O–H groups in total. The summed E-state index contributed by atoms with van der Waals surface area (Å²) in [4.78, 5) is 11.8. The van der Waals surface area contributed by atoms with E-state index in [1.807, 2.05) is 0 Å². The van der Waals surface area contributed by atoms with Gasteiger partial charge in [-0.1, -0.05) is 11.6 Å². The number of carbonyl (C=O) groups is 1. The van der Waals surface area contributed by atoms with Crippen molar-refractivity contribution >= 4 is 27.3 Å². The summed E-state index contributed by atoms with van der Waals surface area (Å²) < 4.78 is 36.0. The van der Waals surface area contributed by atoms with E-state index in [4.69, 9.17) is 11.6 Å². The van der Waals surface area contributed by atoms with Crippen LogP contribution in [0.4, 0.5) is 4.39 Å². The SMILES string of the molecule is O=C(NC[C@@H]1CCS(=O)(=O)C1)c1cc(Cl)ccc1F. The highest BCUT2D eigenvalue weighted by atomic mass is 35.5. The van der Waals surface area contributed by atoms with E-state index in [9.17, 15) is 17.6 Å². The first-order valence-corrected chi connectivity index (χ1v) is 8.01. The number of nitrogens with one attached hydrogen (secondary N) is 1. The minimum Gasteiger partial charge on any atom is -0.352 e. The predicted molar refractivity (Wildman–Crippen MR) is 70.5 cm³/mol. The van der Waals surface area contributed by atoms with Crippen LogP contribution in [0.25, 0.3) is 0 Å². The molecular weight excluding hydrogens is 293 g/mol. The Hall–Kier alpha value is -1.14. The quantitative estimate of drug-likeness (QED) is 0.923. The molecule has 2 rings (SSSR count). The van der Waals surface area contributed by atoms with Gasteiger partial charge in [0.2, 0.25) is 0 Å². The molecule has 1 saturated heterocycles. The van der Waals surface area contributed by atoms with E-state index in [0.29, 0.717) is 6.42 Å². The van der Waals surface area contributed by atoms with Crippen LogP contribution in [0.3, 0.4) is 0 Å². The average Bonchev–Trinajstić information content (AvgIpc) is 2.69. The maximum absolute atomic E-state index is 13.4. The van der Waals surface area contributed by atoms with Gasteiger partial charge in [0.1, 0.15) is 5.82 Å². The van der Waals surface area contributed by atoms with Crippen molar-refractivity contribution < 1.29 is 17.6 Å². The van der Waals surface area contributed by atoms with Crippen molar-refractivity contribution in [1.29, 1.82) is 0 Å². The molecular formula is C12H13ClFNO3S. The zero-order valence-corrected chi connectivity index (χ0v) is 11.6. The lowest BCUT2D eigenvalue weighted by atomic mass is 10.1. The van der Waals surface area contributed by atoms with E-state index in [2.05, 4.69) is 5.32 Å². The molecule has 1 aliphatic heterocycles. The number of sulfone groups is 1. The van der Waals surface area contributed by atoms with Crippen LogP contribution in [0, 0.1) is 11.7 Å². The molecule has 7 heteroatoms. The maximum Gasteiger partial charge on any atom is 0.254 e. The Morgan fingerprint density at radius 1 is 1.47 bits per heavy atom. The second-order valence-corrected chi connectivity index (χ2v) is 7.27. The van der Waals surface area contributed by atoms with Gasteiger partial charge in [-0.15, -0.1) is 0 Å².